The van der Waals surface area contributed by atoms with E-state index in [0.29, 0.717) is 88.9 Å². The molecule has 3 saturated heterocycles. The Balaban J connectivity index is 0.964. The van der Waals surface area contributed by atoms with E-state index in [1.54, 1.807) is 15.9 Å². The fraction of sp³-hybridized carbons (Fsp3) is 0.575. The first-order valence-electron chi connectivity index (χ1n) is 19.8. The van der Waals surface area contributed by atoms with Gasteiger partial charge in [0.2, 0.25) is 0 Å². The molecule has 1 aromatic heterocycles. The Morgan fingerprint density at radius 1 is 0.891 bits per heavy atom. The molecule has 0 saturated carbocycles. The minimum Gasteiger partial charge on any atom is -0.465 e. The van der Waals surface area contributed by atoms with Crippen LogP contribution in [0.25, 0.3) is 11.1 Å². The van der Waals surface area contributed by atoms with E-state index in [1.807, 2.05) is 49.1 Å². The van der Waals surface area contributed by atoms with Crippen molar-refractivity contribution < 1.29 is 33.1 Å². The summed E-state index contributed by atoms with van der Waals surface area (Å²) in [7, 11) is 0. The standard InChI is InChI=1S/C40H53N7O8/c1-3-22-53-35(48)26-43-13-9-30(10-14-43)44-18-20-45(21-19-44)37(49)34(25-28-23-27(2)36-33(24-28)54-39(51)42-36)55-40(52)46-15-11-31(12-16-46)47-17-8-29-6-4-5-7-32(29)41-38(47)50/h4-7,23-24,30-31,34H,3,8-22,25-26H2,1-2H3,(H,41,50)(H,42,51)/t34-/m1/s1. The van der Waals surface area contributed by atoms with Crippen LogP contribution < -0.4 is 11.1 Å². The third kappa shape index (κ3) is 9.16. The molecular formula is C40H53N7O8. The minimum absolute atomic E-state index is 0.0210. The number of anilines is 1. The van der Waals surface area contributed by atoms with Gasteiger partial charge in [-0.15, -0.1) is 0 Å². The molecule has 0 unspecified atom stereocenters. The van der Waals surface area contributed by atoms with Gasteiger partial charge in [-0.2, -0.15) is 0 Å². The SMILES string of the molecule is CCCOC(=O)CN1CCC(N2CCN(C(=O)[C@@H](Cc3cc(C)c4[nH]c(=O)oc4c3)OC(=O)N3CCC(N4CCc5ccccc5NC4=O)CC3)CC2)CC1. The first kappa shape index (κ1) is 38.4. The molecule has 1 atom stereocenters. The Bertz CT molecular complexity index is 1900. The van der Waals surface area contributed by atoms with Crippen LogP contribution in [0.1, 0.15) is 55.7 Å². The molecule has 3 aromatic rings. The number of aromatic amines is 1. The number of piperazine rings is 1. The van der Waals surface area contributed by atoms with Crippen LogP contribution in [0.3, 0.4) is 0 Å². The number of aromatic nitrogens is 1. The highest BCUT2D eigenvalue weighted by atomic mass is 16.6. The van der Waals surface area contributed by atoms with Crippen LogP contribution in [0.5, 0.6) is 0 Å². The van der Waals surface area contributed by atoms with Crippen molar-refractivity contribution in [1.29, 1.82) is 0 Å². The lowest BCUT2D eigenvalue weighted by molar-refractivity contribution is -0.145. The van der Waals surface area contributed by atoms with Gasteiger partial charge < -0.3 is 33.9 Å². The number of benzene rings is 2. The molecule has 4 aliphatic heterocycles. The average Bonchev–Trinajstić information content (AvgIpc) is 3.49. The van der Waals surface area contributed by atoms with Crippen molar-refractivity contribution >= 4 is 40.8 Å². The lowest BCUT2D eigenvalue weighted by Crippen LogP contribution is -2.57. The highest BCUT2D eigenvalue weighted by Gasteiger charge is 2.36. The topological polar surface area (TPSA) is 161 Å². The number of urea groups is 1. The monoisotopic (exact) mass is 759 g/mol. The molecule has 7 rings (SSSR count). The summed E-state index contributed by atoms with van der Waals surface area (Å²) in [5.41, 5.74) is 4.43. The molecule has 5 heterocycles. The lowest BCUT2D eigenvalue weighted by atomic mass is 10.0. The molecule has 15 nitrogen and oxygen atoms in total. The van der Waals surface area contributed by atoms with Gasteiger partial charge in [-0.3, -0.25) is 24.4 Å². The summed E-state index contributed by atoms with van der Waals surface area (Å²) in [6.07, 6.45) is 3.14. The zero-order valence-corrected chi connectivity index (χ0v) is 31.9. The van der Waals surface area contributed by atoms with Crippen molar-refractivity contribution in [2.24, 2.45) is 0 Å². The quantitative estimate of drug-likeness (QED) is 0.293. The molecule has 2 N–H and O–H groups in total. The van der Waals surface area contributed by atoms with Gasteiger partial charge in [-0.1, -0.05) is 31.2 Å². The van der Waals surface area contributed by atoms with E-state index in [4.69, 9.17) is 13.9 Å². The number of nitrogens with zero attached hydrogens (tertiary/aromatic N) is 5. The summed E-state index contributed by atoms with van der Waals surface area (Å²) in [6, 6.07) is 11.7. The number of hydrogen-bond donors (Lipinski definition) is 2. The maximum absolute atomic E-state index is 14.2. The van der Waals surface area contributed by atoms with Gasteiger partial charge in [0.05, 0.1) is 18.7 Å². The Kier molecular flexibility index (Phi) is 12.1. The molecule has 0 aliphatic carbocycles. The van der Waals surface area contributed by atoms with Crippen molar-refractivity contribution in [3.8, 4) is 0 Å². The number of ether oxygens (including phenoxy) is 2. The molecular weight excluding hydrogens is 706 g/mol. The first-order chi connectivity index (χ1) is 26.6. The van der Waals surface area contributed by atoms with Crippen molar-refractivity contribution in [2.45, 2.75) is 77.0 Å². The van der Waals surface area contributed by atoms with Gasteiger partial charge in [0.25, 0.3) is 5.91 Å². The number of piperidine rings is 2. The number of likely N-dealkylation sites (tertiary alicyclic amines) is 2. The summed E-state index contributed by atoms with van der Waals surface area (Å²) in [4.78, 5) is 77.8. The van der Waals surface area contributed by atoms with E-state index in [2.05, 4.69) is 20.1 Å². The number of fused-ring (bicyclic) bond motifs is 2. The van der Waals surface area contributed by atoms with Crippen LogP contribution in [0.4, 0.5) is 15.3 Å². The van der Waals surface area contributed by atoms with Crippen LogP contribution in [0.2, 0.25) is 0 Å². The molecule has 296 valence electrons. The smallest absolute Gasteiger partial charge is 0.417 e. The molecule has 4 aliphatic rings. The van der Waals surface area contributed by atoms with Crippen molar-refractivity contribution in [1.82, 2.24) is 29.5 Å². The van der Waals surface area contributed by atoms with E-state index >= 15 is 0 Å². The summed E-state index contributed by atoms with van der Waals surface area (Å²) in [6.45, 7) is 10.1. The molecule has 15 heteroatoms. The fourth-order valence-electron chi connectivity index (χ4n) is 8.50. The number of esters is 1. The Hall–Kier alpha value is -4.89. The number of nitrogens with one attached hydrogen (secondary N) is 2. The minimum atomic E-state index is -1.08. The van der Waals surface area contributed by atoms with Gasteiger partial charge >= 0.3 is 23.8 Å². The van der Waals surface area contributed by atoms with E-state index in [9.17, 15) is 24.0 Å². The van der Waals surface area contributed by atoms with E-state index in [1.165, 1.54) is 0 Å². The van der Waals surface area contributed by atoms with Gasteiger partial charge in [0, 0.05) is 83.1 Å². The molecule has 0 bridgehead atoms. The number of carbonyl (C=O) groups excluding carboxylic acids is 4. The molecule has 55 heavy (non-hydrogen) atoms. The van der Waals surface area contributed by atoms with Gasteiger partial charge in [0.1, 0.15) is 0 Å². The van der Waals surface area contributed by atoms with Crippen LogP contribution >= 0.6 is 0 Å². The maximum Gasteiger partial charge on any atom is 0.417 e. The van der Waals surface area contributed by atoms with Crippen molar-refractivity contribution in [2.75, 3.05) is 77.4 Å². The summed E-state index contributed by atoms with van der Waals surface area (Å²) in [5, 5.41) is 3.04. The average molecular weight is 760 g/mol. The Labute approximate surface area is 320 Å². The number of H-pyrrole nitrogens is 1. The second-order valence-electron chi connectivity index (χ2n) is 15.2. The highest BCUT2D eigenvalue weighted by molar-refractivity contribution is 5.91. The summed E-state index contributed by atoms with van der Waals surface area (Å²) >= 11 is 0. The third-order valence-corrected chi connectivity index (χ3v) is 11.6. The van der Waals surface area contributed by atoms with Crippen LogP contribution in [0.15, 0.2) is 45.6 Å². The number of carbonyl (C=O) groups is 4. The Morgan fingerprint density at radius 3 is 2.36 bits per heavy atom. The molecule has 4 amide bonds. The number of amides is 4. The number of aryl methyl sites for hydroxylation is 1. The number of oxazole rings is 1. The Morgan fingerprint density at radius 2 is 1.62 bits per heavy atom. The normalized spacial score (nSPS) is 19.8. The third-order valence-electron chi connectivity index (χ3n) is 11.6. The highest BCUT2D eigenvalue weighted by Crippen LogP contribution is 2.26. The predicted octanol–water partition coefficient (Wildman–Crippen LogP) is 3.59. The second-order valence-corrected chi connectivity index (χ2v) is 15.2. The van der Waals surface area contributed by atoms with Gasteiger partial charge in [-0.05, 0) is 74.3 Å². The van der Waals surface area contributed by atoms with E-state index in [0.717, 1.165) is 61.2 Å². The number of para-hydroxylation sites is 1. The summed E-state index contributed by atoms with van der Waals surface area (Å²) in [5.74, 6) is -0.983. The van der Waals surface area contributed by atoms with E-state index in [-0.39, 0.29) is 30.4 Å². The first-order valence-corrected chi connectivity index (χ1v) is 19.8. The molecule has 0 spiro atoms. The molecule has 2 aromatic carbocycles. The van der Waals surface area contributed by atoms with Crippen LogP contribution in [0, 0.1) is 6.92 Å². The maximum atomic E-state index is 14.2. The molecule has 0 radical (unpaired) electrons. The van der Waals surface area contributed by atoms with Gasteiger partial charge in [0.15, 0.2) is 11.7 Å². The zero-order valence-electron chi connectivity index (χ0n) is 31.9. The van der Waals surface area contributed by atoms with Gasteiger partial charge in [-0.25, -0.2) is 14.4 Å². The largest absolute Gasteiger partial charge is 0.465 e. The fourth-order valence-corrected chi connectivity index (χ4v) is 8.50. The van der Waals surface area contributed by atoms with Crippen molar-refractivity contribution in [3.05, 3.63) is 63.6 Å². The number of hydrogen-bond acceptors (Lipinski definition) is 10. The molecule has 3 fully saturated rings. The zero-order chi connectivity index (χ0) is 38.5. The van der Waals surface area contributed by atoms with Crippen LogP contribution in [-0.2, 0) is 31.9 Å². The summed E-state index contributed by atoms with van der Waals surface area (Å²) < 4.78 is 16.7. The van der Waals surface area contributed by atoms with Crippen LogP contribution in [-0.4, -0.2) is 144 Å². The predicted molar refractivity (Wildman–Crippen MR) is 205 cm³/mol. The van der Waals surface area contributed by atoms with Crippen molar-refractivity contribution in [3.63, 3.8) is 0 Å². The second kappa shape index (κ2) is 17.3. The lowest BCUT2D eigenvalue weighted by Gasteiger charge is -2.43. The number of rotatable bonds is 10. The van der Waals surface area contributed by atoms with E-state index < -0.39 is 18.0 Å².